The first-order valence-electron chi connectivity index (χ1n) is 8.12. The van der Waals surface area contributed by atoms with E-state index in [-0.39, 0.29) is 0 Å². The number of para-hydroxylation sites is 2. The summed E-state index contributed by atoms with van der Waals surface area (Å²) < 4.78 is 5.97. The van der Waals surface area contributed by atoms with Crippen LogP contribution in [0.3, 0.4) is 0 Å². The fourth-order valence-electron chi connectivity index (χ4n) is 3.31. The van der Waals surface area contributed by atoms with E-state index in [0.717, 1.165) is 60.3 Å². The van der Waals surface area contributed by atoms with Gasteiger partial charge in [0.05, 0.1) is 5.92 Å². The van der Waals surface area contributed by atoms with Gasteiger partial charge in [-0.05, 0) is 38.8 Å². The first kappa shape index (κ1) is 14.2. The van der Waals surface area contributed by atoms with Crippen LogP contribution in [0, 0.1) is 13.8 Å². The van der Waals surface area contributed by atoms with Crippen LogP contribution in [0.1, 0.15) is 36.2 Å². The highest BCUT2D eigenvalue weighted by Crippen LogP contribution is 2.30. The molecule has 0 bridgehead atoms. The van der Waals surface area contributed by atoms with Crippen molar-refractivity contribution in [3.8, 4) is 0 Å². The summed E-state index contributed by atoms with van der Waals surface area (Å²) in [5, 5.41) is 0. The second-order valence-electron chi connectivity index (χ2n) is 6.22. The highest BCUT2D eigenvalue weighted by Gasteiger charge is 2.26. The molecule has 118 valence electrons. The van der Waals surface area contributed by atoms with E-state index in [2.05, 4.69) is 25.9 Å². The summed E-state index contributed by atoms with van der Waals surface area (Å²) in [6.45, 7) is 5.87. The van der Waals surface area contributed by atoms with E-state index < -0.39 is 0 Å². The van der Waals surface area contributed by atoms with Crippen molar-refractivity contribution in [2.24, 2.45) is 0 Å². The van der Waals surface area contributed by atoms with Crippen molar-refractivity contribution in [1.82, 2.24) is 15.0 Å². The molecular weight excluding hydrogens is 288 g/mol. The van der Waals surface area contributed by atoms with Crippen LogP contribution in [0.5, 0.6) is 0 Å². The summed E-state index contributed by atoms with van der Waals surface area (Å²) in [4.78, 5) is 16.0. The van der Waals surface area contributed by atoms with Gasteiger partial charge in [-0.2, -0.15) is 0 Å². The van der Waals surface area contributed by atoms with Crippen LogP contribution >= 0.6 is 0 Å². The number of anilines is 1. The fourth-order valence-corrected chi connectivity index (χ4v) is 3.31. The third-order valence-corrected chi connectivity index (χ3v) is 4.36. The molecule has 5 nitrogen and oxygen atoms in total. The van der Waals surface area contributed by atoms with Gasteiger partial charge >= 0.3 is 0 Å². The monoisotopic (exact) mass is 308 g/mol. The number of nitrogens with zero attached hydrogens (tertiary/aromatic N) is 4. The van der Waals surface area contributed by atoms with Gasteiger partial charge in [-0.15, -0.1) is 0 Å². The fraction of sp³-hybridized carbons (Fsp3) is 0.389. The van der Waals surface area contributed by atoms with Gasteiger partial charge in [0.1, 0.15) is 17.2 Å². The molecule has 3 heterocycles. The summed E-state index contributed by atoms with van der Waals surface area (Å²) in [6, 6.07) is 10.0. The van der Waals surface area contributed by atoms with Gasteiger partial charge in [-0.25, -0.2) is 15.0 Å². The maximum Gasteiger partial charge on any atom is 0.200 e. The predicted molar refractivity (Wildman–Crippen MR) is 89.7 cm³/mol. The van der Waals surface area contributed by atoms with Crippen LogP contribution in [0.15, 0.2) is 34.7 Å². The smallest absolute Gasteiger partial charge is 0.200 e. The lowest BCUT2D eigenvalue weighted by molar-refractivity contribution is 0.412. The van der Waals surface area contributed by atoms with Crippen molar-refractivity contribution < 1.29 is 4.42 Å². The largest absolute Gasteiger partial charge is 0.440 e. The Labute approximate surface area is 135 Å². The van der Waals surface area contributed by atoms with Crippen LogP contribution in [0.2, 0.25) is 0 Å². The van der Waals surface area contributed by atoms with Gasteiger partial charge in [0.25, 0.3) is 0 Å². The van der Waals surface area contributed by atoms with Crippen LogP contribution in [0.25, 0.3) is 11.1 Å². The average Bonchev–Trinajstić information content (AvgIpc) is 2.98. The van der Waals surface area contributed by atoms with Gasteiger partial charge in [-0.1, -0.05) is 12.1 Å². The highest BCUT2D eigenvalue weighted by atomic mass is 16.3. The second-order valence-corrected chi connectivity index (χ2v) is 6.22. The number of hydrogen-bond donors (Lipinski definition) is 0. The molecule has 5 heteroatoms. The van der Waals surface area contributed by atoms with E-state index in [1.54, 1.807) is 0 Å². The SMILES string of the molecule is Cc1cc(N2CCC[C@@H](c3nc4ccccc4o3)C2)nc(C)n1. The third kappa shape index (κ3) is 2.79. The number of piperidine rings is 1. The van der Waals surface area contributed by atoms with E-state index in [1.807, 2.05) is 38.1 Å². The lowest BCUT2D eigenvalue weighted by atomic mass is 9.98. The molecule has 0 spiro atoms. The van der Waals surface area contributed by atoms with Crippen molar-refractivity contribution in [3.63, 3.8) is 0 Å². The van der Waals surface area contributed by atoms with E-state index in [1.165, 1.54) is 0 Å². The molecule has 23 heavy (non-hydrogen) atoms. The van der Waals surface area contributed by atoms with Crippen LogP contribution in [-0.4, -0.2) is 28.0 Å². The minimum atomic E-state index is 0.312. The Hall–Kier alpha value is -2.43. The number of aryl methyl sites for hydroxylation is 2. The third-order valence-electron chi connectivity index (χ3n) is 4.36. The van der Waals surface area contributed by atoms with E-state index in [4.69, 9.17) is 4.42 Å². The van der Waals surface area contributed by atoms with Crippen molar-refractivity contribution in [2.75, 3.05) is 18.0 Å². The molecule has 3 aromatic rings. The summed E-state index contributed by atoms with van der Waals surface area (Å²) >= 11 is 0. The van der Waals surface area contributed by atoms with E-state index in [0.29, 0.717) is 5.92 Å². The number of fused-ring (bicyclic) bond motifs is 1. The topological polar surface area (TPSA) is 55.1 Å². The molecule has 2 aromatic heterocycles. The summed E-state index contributed by atoms with van der Waals surface area (Å²) in [6.07, 6.45) is 2.22. The molecule has 0 saturated carbocycles. The molecule has 1 aliphatic rings. The van der Waals surface area contributed by atoms with Crippen LogP contribution < -0.4 is 4.90 Å². The molecule has 1 aromatic carbocycles. The molecule has 1 fully saturated rings. The zero-order chi connectivity index (χ0) is 15.8. The van der Waals surface area contributed by atoms with Gasteiger partial charge in [0, 0.05) is 24.8 Å². The Morgan fingerprint density at radius 3 is 2.83 bits per heavy atom. The molecule has 0 aliphatic carbocycles. The highest BCUT2D eigenvalue weighted by molar-refractivity contribution is 5.72. The average molecular weight is 308 g/mol. The number of benzene rings is 1. The summed E-state index contributed by atoms with van der Waals surface area (Å²) in [5.41, 5.74) is 2.82. The molecule has 1 saturated heterocycles. The molecule has 0 N–H and O–H groups in total. The van der Waals surface area contributed by atoms with Gasteiger partial charge in [0.2, 0.25) is 0 Å². The zero-order valence-corrected chi connectivity index (χ0v) is 13.5. The normalized spacial score (nSPS) is 18.5. The van der Waals surface area contributed by atoms with Crippen LogP contribution in [-0.2, 0) is 0 Å². The number of hydrogen-bond acceptors (Lipinski definition) is 5. The Bertz CT molecular complexity index is 789. The second kappa shape index (κ2) is 5.65. The molecule has 0 unspecified atom stereocenters. The van der Waals surface area contributed by atoms with Gasteiger partial charge in [-0.3, -0.25) is 0 Å². The Morgan fingerprint density at radius 2 is 2.00 bits per heavy atom. The Morgan fingerprint density at radius 1 is 1.13 bits per heavy atom. The Kier molecular flexibility index (Phi) is 3.48. The zero-order valence-electron chi connectivity index (χ0n) is 13.5. The predicted octanol–water partition coefficient (Wildman–Crippen LogP) is 3.62. The number of aromatic nitrogens is 3. The quantitative estimate of drug-likeness (QED) is 0.723. The summed E-state index contributed by atoms with van der Waals surface area (Å²) in [5.74, 6) is 2.99. The minimum absolute atomic E-state index is 0.312. The minimum Gasteiger partial charge on any atom is -0.440 e. The molecule has 4 rings (SSSR count). The summed E-state index contributed by atoms with van der Waals surface area (Å²) in [7, 11) is 0. The van der Waals surface area contributed by atoms with Gasteiger partial charge < -0.3 is 9.32 Å². The van der Waals surface area contributed by atoms with E-state index in [9.17, 15) is 0 Å². The van der Waals surface area contributed by atoms with Gasteiger partial charge in [0.15, 0.2) is 11.5 Å². The first-order chi connectivity index (χ1) is 11.2. The number of rotatable bonds is 2. The lowest BCUT2D eigenvalue weighted by Gasteiger charge is -2.32. The van der Waals surface area contributed by atoms with Crippen molar-refractivity contribution in [2.45, 2.75) is 32.6 Å². The molecule has 1 aliphatic heterocycles. The van der Waals surface area contributed by atoms with Crippen molar-refractivity contribution in [3.05, 3.63) is 47.7 Å². The maximum atomic E-state index is 5.97. The first-order valence-corrected chi connectivity index (χ1v) is 8.12. The molecular formula is C18H20N4O. The molecule has 0 radical (unpaired) electrons. The Balaban J connectivity index is 1.61. The van der Waals surface area contributed by atoms with Crippen molar-refractivity contribution in [1.29, 1.82) is 0 Å². The standard InChI is InChI=1S/C18H20N4O/c1-12-10-17(20-13(2)19-12)22-9-5-6-14(11-22)18-21-15-7-3-4-8-16(15)23-18/h3-4,7-8,10,14H,5-6,9,11H2,1-2H3/t14-/m1/s1. The molecule has 0 amide bonds. The number of oxazole rings is 1. The van der Waals surface area contributed by atoms with Crippen LogP contribution in [0.4, 0.5) is 5.82 Å². The van der Waals surface area contributed by atoms with Crippen molar-refractivity contribution >= 4 is 16.9 Å². The van der Waals surface area contributed by atoms with E-state index >= 15 is 0 Å². The lowest BCUT2D eigenvalue weighted by Crippen LogP contribution is -2.35. The molecule has 1 atom stereocenters. The maximum absolute atomic E-state index is 5.97.